The first-order valence-electron chi connectivity index (χ1n) is 3.74. The molecule has 1 N–H and O–H groups in total. The van der Waals surface area contributed by atoms with Crippen molar-refractivity contribution in [1.82, 2.24) is 5.32 Å². The number of halogens is 1. The quantitative estimate of drug-likeness (QED) is 0.415. The third-order valence-corrected chi connectivity index (χ3v) is 1.89. The summed E-state index contributed by atoms with van der Waals surface area (Å²) in [6, 6.07) is 0. The van der Waals surface area contributed by atoms with Gasteiger partial charge in [0, 0.05) is 0 Å². The number of amides is 1. The average molecular weight is 202 g/mol. The number of Topliss-reactive ketones (excluding diaryl/α,β-unsaturated/α-hetero) is 1. The molecule has 0 aromatic carbocycles. The Balaban J connectivity index is 4.34. The van der Waals surface area contributed by atoms with Gasteiger partial charge in [-0.05, 0) is 20.8 Å². The number of hydrogen-bond acceptors (Lipinski definition) is 2. The Labute approximate surface area is 82.8 Å². The summed E-state index contributed by atoms with van der Waals surface area (Å²) < 4.78 is 0. The molecular formula is C9H12ClNO2. The lowest BCUT2D eigenvalue weighted by Crippen LogP contribution is -2.47. The van der Waals surface area contributed by atoms with Crippen LogP contribution in [-0.2, 0) is 9.59 Å². The first kappa shape index (κ1) is 12.0. The Hall–Kier alpha value is -1.01. The van der Waals surface area contributed by atoms with Gasteiger partial charge < -0.3 is 5.32 Å². The molecule has 0 radical (unpaired) electrons. The van der Waals surface area contributed by atoms with E-state index in [-0.39, 0.29) is 0 Å². The molecule has 72 valence electrons. The summed E-state index contributed by atoms with van der Waals surface area (Å²) in [4.78, 5) is 21.9. The van der Waals surface area contributed by atoms with Crippen molar-refractivity contribution in [2.24, 2.45) is 0 Å². The predicted octanol–water partition coefficient (Wildman–Crippen LogP) is 0.711. The fourth-order valence-electron chi connectivity index (χ4n) is 0.592. The zero-order valence-corrected chi connectivity index (χ0v) is 8.61. The molecule has 3 nitrogen and oxygen atoms in total. The van der Waals surface area contributed by atoms with Crippen LogP contribution in [0.1, 0.15) is 20.8 Å². The molecule has 1 atom stereocenters. The van der Waals surface area contributed by atoms with E-state index in [9.17, 15) is 9.59 Å². The second kappa shape index (κ2) is 4.29. The molecule has 0 rings (SSSR count). The van der Waals surface area contributed by atoms with E-state index in [2.05, 4.69) is 11.2 Å². The van der Waals surface area contributed by atoms with Gasteiger partial charge in [-0.2, -0.15) is 0 Å². The number of carbonyl (C=O) groups is 2. The van der Waals surface area contributed by atoms with Crippen molar-refractivity contribution in [1.29, 1.82) is 0 Å². The molecular weight excluding hydrogens is 190 g/mol. The first-order chi connectivity index (χ1) is 5.80. The van der Waals surface area contributed by atoms with Crippen LogP contribution in [-0.4, -0.2) is 22.6 Å². The van der Waals surface area contributed by atoms with E-state index in [1.807, 2.05) is 0 Å². The van der Waals surface area contributed by atoms with Gasteiger partial charge in [0.15, 0.2) is 11.2 Å². The molecule has 0 aromatic rings. The van der Waals surface area contributed by atoms with Crippen LogP contribution in [0.15, 0.2) is 0 Å². The van der Waals surface area contributed by atoms with Gasteiger partial charge in [-0.3, -0.25) is 9.59 Å². The van der Waals surface area contributed by atoms with Crippen molar-refractivity contribution < 1.29 is 9.59 Å². The zero-order valence-electron chi connectivity index (χ0n) is 7.85. The molecule has 1 unspecified atom stereocenters. The van der Waals surface area contributed by atoms with Crippen molar-refractivity contribution in [2.75, 3.05) is 0 Å². The lowest BCUT2D eigenvalue weighted by atomic mass is 10.1. The minimum atomic E-state index is -1.16. The number of carbonyl (C=O) groups excluding carboxylic acids is 2. The molecule has 0 spiro atoms. The minimum absolute atomic E-state index is 0.396. The van der Waals surface area contributed by atoms with Crippen molar-refractivity contribution in [3.63, 3.8) is 0 Å². The molecule has 0 aliphatic heterocycles. The van der Waals surface area contributed by atoms with Crippen LogP contribution in [0.5, 0.6) is 0 Å². The summed E-state index contributed by atoms with van der Waals surface area (Å²) in [5, 5.41) is 1.30. The van der Waals surface area contributed by atoms with Gasteiger partial charge in [0.25, 0.3) is 0 Å². The smallest absolute Gasteiger partial charge is 0.246 e. The van der Waals surface area contributed by atoms with Crippen LogP contribution in [0.25, 0.3) is 0 Å². The first-order valence-corrected chi connectivity index (χ1v) is 4.18. The number of rotatable bonds is 3. The number of hydrogen-bond donors (Lipinski definition) is 1. The maximum Gasteiger partial charge on any atom is 0.246 e. The van der Waals surface area contributed by atoms with Gasteiger partial charge in [0.05, 0.1) is 5.54 Å². The molecule has 0 bridgehead atoms. The number of alkyl halides is 1. The summed E-state index contributed by atoms with van der Waals surface area (Å²) in [6.07, 6.45) is 5.14. The third-order valence-electron chi connectivity index (χ3n) is 1.38. The molecule has 0 aliphatic rings. The summed E-state index contributed by atoms with van der Waals surface area (Å²) in [7, 11) is 0. The van der Waals surface area contributed by atoms with E-state index in [1.165, 1.54) is 6.92 Å². The monoisotopic (exact) mass is 201 g/mol. The highest BCUT2D eigenvalue weighted by molar-refractivity contribution is 6.41. The zero-order chi connectivity index (χ0) is 10.6. The lowest BCUT2D eigenvalue weighted by molar-refractivity contribution is -0.127. The van der Waals surface area contributed by atoms with Gasteiger partial charge in [-0.1, -0.05) is 5.92 Å². The van der Waals surface area contributed by atoms with Crippen molar-refractivity contribution in [2.45, 2.75) is 31.7 Å². The molecule has 1 amide bonds. The molecule has 0 aliphatic carbocycles. The average Bonchev–Trinajstić information content (AvgIpc) is 2.02. The second-order valence-electron chi connectivity index (χ2n) is 3.23. The lowest BCUT2D eigenvalue weighted by Gasteiger charge is -2.20. The normalized spacial score (nSPS) is 12.8. The third kappa shape index (κ3) is 3.95. The van der Waals surface area contributed by atoms with Gasteiger partial charge in [0.2, 0.25) is 5.91 Å². The summed E-state index contributed by atoms with van der Waals surface area (Å²) in [5.41, 5.74) is -0.778. The maximum absolute atomic E-state index is 11.2. The van der Waals surface area contributed by atoms with Crippen LogP contribution in [0.4, 0.5) is 0 Å². The highest BCUT2D eigenvalue weighted by Crippen LogP contribution is 2.03. The number of ketones is 1. The Bertz CT molecular complexity index is 265. The maximum atomic E-state index is 11.2. The van der Waals surface area contributed by atoms with Crippen LogP contribution in [0.3, 0.4) is 0 Å². The largest absolute Gasteiger partial charge is 0.339 e. The highest BCUT2D eigenvalue weighted by atomic mass is 35.5. The summed E-state index contributed by atoms with van der Waals surface area (Å²) in [5.74, 6) is 1.41. The molecule has 13 heavy (non-hydrogen) atoms. The predicted molar refractivity (Wildman–Crippen MR) is 51.4 cm³/mol. The van der Waals surface area contributed by atoms with Gasteiger partial charge in [-0.25, -0.2) is 0 Å². The van der Waals surface area contributed by atoms with Crippen LogP contribution in [0, 0.1) is 12.3 Å². The van der Waals surface area contributed by atoms with E-state index in [0.717, 1.165) is 0 Å². The van der Waals surface area contributed by atoms with Gasteiger partial charge >= 0.3 is 0 Å². The molecule has 0 aromatic heterocycles. The standard InChI is InChI=1S/C9H12ClNO2/c1-5-9(3,4)11-8(13)7(10)6(2)12/h1,7H,2-4H3,(H,11,13). The van der Waals surface area contributed by atoms with Gasteiger partial charge in [-0.15, -0.1) is 18.0 Å². The minimum Gasteiger partial charge on any atom is -0.339 e. The Morgan fingerprint density at radius 2 is 2.00 bits per heavy atom. The van der Waals surface area contributed by atoms with Gasteiger partial charge in [0.1, 0.15) is 0 Å². The molecule has 0 fully saturated rings. The fourth-order valence-corrected chi connectivity index (χ4v) is 0.647. The highest BCUT2D eigenvalue weighted by Gasteiger charge is 2.25. The van der Waals surface area contributed by atoms with E-state index >= 15 is 0 Å². The fraction of sp³-hybridized carbons (Fsp3) is 0.556. The summed E-state index contributed by atoms with van der Waals surface area (Å²) >= 11 is 5.50. The number of terminal acetylenes is 1. The summed E-state index contributed by atoms with van der Waals surface area (Å²) in [6.45, 7) is 4.55. The Kier molecular flexibility index (Phi) is 3.96. The van der Waals surface area contributed by atoms with Crippen molar-refractivity contribution >= 4 is 23.3 Å². The topological polar surface area (TPSA) is 46.2 Å². The van der Waals surface area contributed by atoms with E-state index in [4.69, 9.17) is 18.0 Å². The van der Waals surface area contributed by atoms with Crippen LogP contribution >= 0.6 is 11.6 Å². The second-order valence-corrected chi connectivity index (χ2v) is 3.67. The number of nitrogens with one attached hydrogen (secondary N) is 1. The van der Waals surface area contributed by atoms with Crippen molar-refractivity contribution in [3.05, 3.63) is 0 Å². The molecule has 0 saturated carbocycles. The Morgan fingerprint density at radius 1 is 1.54 bits per heavy atom. The molecule has 4 heteroatoms. The van der Waals surface area contributed by atoms with Crippen molar-refractivity contribution in [3.8, 4) is 12.3 Å². The van der Waals surface area contributed by atoms with E-state index in [0.29, 0.717) is 0 Å². The van der Waals surface area contributed by atoms with E-state index in [1.54, 1.807) is 13.8 Å². The molecule has 0 heterocycles. The molecule has 0 saturated heterocycles. The van der Waals surface area contributed by atoms with Crippen LogP contribution in [0.2, 0.25) is 0 Å². The Morgan fingerprint density at radius 3 is 2.31 bits per heavy atom. The van der Waals surface area contributed by atoms with E-state index < -0.39 is 22.6 Å². The van der Waals surface area contributed by atoms with Crippen LogP contribution < -0.4 is 5.32 Å². The SMILES string of the molecule is C#CC(C)(C)NC(=O)C(Cl)C(C)=O.